The summed E-state index contributed by atoms with van der Waals surface area (Å²) in [6, 6.07) is 4.24. The summed E-state index contributed by atoms with van der Waals surface area (Å²) in [5.74, 6) is -0.391. The molecular formula is C13H14BrN3O3. The maximum absolute atomic E-state index is 12.1. The molecule has 1 fully saturated rings. The van der Waals surface area contributed by atoms with Gasteiger partial charge in [-0.05, 0) is 31.5 Å². The highest BCUT2D eigenvalue weighted by Crippen LogP contribution is 2.23. The van der Waals surface area contributed by atoms with E-state index in [1.165, 1.54) is 12.3 Å². The van der Waals surface area contributed by atoms with Crippen molar-refractivity contribution in [3.63, 3.8) is 0 Å². The molecule has 106 valence electrons. The molecule has 1 heterocycles. The molecule has 0 radical (unpaired) electrons. The summed E-state index contributed by atoms with van der Waals surface area (Å²) in [4.78, 5) is 23.8. The third-order valence-electron chi connectivity index (χ3n) is 3.25. The van der Waals surface area contributed by atoms with E-state index in [-0.39, 0.29) is 5.75 Å². The van der Waals surface area contributed by atoms with Crippen LogP contribution < -0.4 is 5.32 Å². The van der Waals surface area contributed by atoms with Gasteiger partial charge in [0.1, 0.15) is 11.3 Å². The van der Waals surface area contributed by atoms with E-state index >= 15 is 0 Å². The number of hydrogen-bond donors (Lipinski definition) is 2. The number of phenolic OH excluding ortho intramolecular Hbond substituents is 1. The quantitative estimate of drug-likeness (QED) is 0.654. The van der Waals surface area contributed by atoms with Gasteiger partial charge >= 0.3 is 6.03 Å². The number of rotatable bonds is 3. The lowest BCUT2D eigenvalue weighted by atomic mass is 10.00. The second-order valence-electron chi connectivity index (χ2n) is 4.68. The lowest BCUT2D eigenvalue weighted by Gasteiger charge is -2.17. The average Bonchev–Trinajstić information content (AvgIpc) is 2.63. The van der Waals surface area contributed by atoms with Crippen molar-refractivity contribution in [1.82, 2.24) is 10.3 Å². The minimum Gasteiger partial charge on any atom is -0.507 e. The van der Waals surface area contributed by atoms with Crippen LogP contribution >= 0.6 is 15.9 Å². The Bertz CT molecular complexity index is 603. The molecule has 0 aromatic heterocycles. The second kappa shape index (κ2) is 5.24. The number of benzene rings is 1. The number of imide groups is 1. The van der Waals surface area contributed by atoms with Gasteiger partial charge in [0.15, 0.2) is 0 Å². The number of carbonyl (C=O) groups is 2. The molecule has 1 atom stereocenters. The Hall–Kier alpha value is -1.89. The molecule has 0 saturated carbocycles. The van der Waals surface area contributed by atoms with E-state index in [1.807, 2.05) is 6.92 Å². The minimum atomic E-state index is -0.923. The molecule has 0 spiro atoms. The molecule has 0 bridgehead atoms. The standard InChI is InChI=1S/C13H14BrN3O3/c1-3-13(2)11(19)17(12(20)16-13)15-7-8-6-9(14)4-5-10(8)18/h4-7,18H,3H2,1-2H3,(H,16,20)/b15-7-/t13-/m1/s1. The number of halogens is 1. The van der Waals surface area contributed by atoms with Crippen molar-refractivity contribution in [2.24, 2.45) is 5.10 Å². The summed E-state index contributed by atoms with van der Waals surface area (Å²) in [6.07, 6.45) is 1.75. The summed E-state index contributed by atoms with van der Waals surface area (Å²) in [6.45, 7) is 3.46. The Labute approximate surface area is 124 Å². The minimum absolute atomic E-state index is 0.0160. The van der Waals surface area contributed by atoms with E-state index in [1.54, 1.807) is 19.1 Å². The Morgan fingerprint density at radius 2 is 2.20 bits per heavy atom. The molecular weight excluding hydrogens is 326 g/mol. The molecule has 0 unspecified atom stereocenters. The summed E-state index contributed by atoms with van der Waals surface area (Å²) >= 11 is 3.27. The molecule has 0 aliphatic carbocycles. The SMILES string of the molecule is CC[C@@]1(C)NC(=O)N(/N=C\c2cc(Br)ccc2O)C1=O. The van der Waals surface area contributed by atoms with E-state index in [2.05, 4.69) is 26.3 Å². The van der Waals surface area contributed by atoms with Crippen LogP contribution in [0.1, 0.15) is 25.8 Å². The monoisotopic (exact) mass is 339 g/mol. The zero-order valence-electron chi connectivity index (χ0n) is 11.1. The molecule has 1 aromatic rings. The number of phenols is 1. The Balaban J connectivity index is 2.26. The van der Waals surface area contributed by atoms with Crippen molar-refractivity contribution in [3.8, 4) is 5.75 Å². The molecule has 6 nitrogen and oxygen atoms in total. The Morgan fingerprint density at radius 3 is 2.80 bits per heavy atom. The number of carbonyl (C=O) groups excluding carboxylic acids is 2. The molecule has 1 saturated heterocycles. The summed E-state index contributed by atoms with van der Waals surface area (Å²) in [5, 5.41) is 16.9. The number of amides is 3. The molecule has 1 aliphatic rings. The van der Waals surface area contributed by atoms with E-state index in [0.29, 0.717) is 12.0 Å². The van der Waals surface area contributed by atoms with Gasteiger partial charge in [-0.15, -0.1) is 5.01 Å². The van der Waals surface area contributed by atoms with Crippen LogP contribution in [0.2, 0.25) is 0 Å². The van der Waals surface area contributed by atoms with Crippen LogP contribution in [0.4, 0.5) is 4.79 Å². The number of nitrogens with zero attached hydrogens (tertiary/aromatic N) is 2. The van der Waals surface area contributed by atoms with Gasteiger partial charge in [0, 0.05) is 10.0 Å². The van der Waals surface area contributed by atoms with Gasteiger partial charge in [-0.2, -0.15) is 5.10 Å². The third kappa shape index (κ3) is 2.53. The van der Waals surface area contributed by atoms with E-state index < -0.39 is 17.5 Å². The second-order valence-corrected chi connectivity index (χ2v) is 5.60. The van der Waals surface area contributed by atoms with Crippen LogP contribution in [0.5, 0.6) is 5.75 Å². The maximum Gasteiger partial charge on any atom is 0.346 e. The van der Waals surface area contributed by atoms with Crippen LogP contribution in [0, 0.1) is 0 Å². The summed E-state index contributed by atoms with van der Waals surface area (Å²) < 4.78 is 0.757. The lowest BCUT2D eigenvalue weighted by molar-refractivity contribution is -0.130. The van der Waals surface area contributed by atoms with Crippen molar-refractivity contribution in [2.45, 2.75) is 25.8 Å². The molecule has 2 rings (SSSR count). The molecule has 20 heavy (non-hydrogen) atoms. The average molecular weight is 340 g/mol. The molecule has 2 N–H and O–H groups in total. The lowest BCUT2D eigenvalue weighted by Crippen LogP contribution is -2.42. The first-order valence-electron chi connectivity index (χ1n) is 6.06. The smallest absolute Gasteiger partial charge is 0.346 e. The topological polar surface area (TPSA) is 82.0 Å². The fourth-order valence-electron chi connectivity index (χ4n) is 1.76. The summed E-state index contributed by atoms with van der Waals surface area (Å²) in [7, 11) is 0. The number of nitrogens with one attached hydrogen (secondary N) is 1. The van der Waals surface area contributed by atoms with Gasteiger partial charge in [-0.3, -0.25) is 4.79 Å². The predicted octanol–water partition coefficient (Wildman–Crippen LogP) is 2.21. The maximum atomic E-state index is 12.1. The van der Waals surface area contributed by atoms with Crippen LogP contribution in [0.15, 0.2) is 27.8 Å². The van der Waals surface area contributed by atoms with Gasteiger partial charge < -0.3 is 10.4 Å². The first-order chi connectivity index (χ1) is 9.37. The van der Waals surface area contributed by atoms with Gasteiger partial charge in [-0.25, -0.2) is 4.79 Å². The third-order valence-corrected chi connectivity index (χ3v) is 3.74. The van der Waals surface area contributed by atoms with Crippen molar-refractivity contribution < 1.29 is 14.7 Å². The van der Waals surface area contributed by atoms with Crippen LogP contribution in [-0.4, -0.2) is 33.8 Å². The van der Waals surface area contributed by atoms with Crippen molar-refractivity contribution in [3.05, 3.63) is 28.2 Å². The highest BCUT2D eigenvalue weighted by Gasteiger charge is 2.46. The highest BCUT2D eigenvalue weighted by molar-refractivity contribution is 9.10. The largest absolute Gasteiger partial charge is 0.507 e. The Kier molecular flexibility index (Phi) is 3.80. The number of hydrazone groups is 1. The number of urea groups is 1. The van der Waals surface area contributed by atoms with Gasteiger partial charge in [0.25, 0.3) is 5.91 Å². The van der Waals surface area contributed by atoms with Crippen molar-refractivity contribution in [2.75, 3.05) is 0 Å². The van der Waals surface area contributed by atoms with Crippen LogP contribution in [0.3, 0.4) is 0 Å². The number of hydrogen-bond acceptors (Lipinski definition) is 4. The van der Waals surface area contributed by atoms with Gasteiger partial charge in [0.2, 0.25) is 0 Å². The van der Waals surface area contributed by atoms with Crippen molar-refractivity contribution in [1.29, 1.82) is 0 Å². The Morgan fingerprint density at radius 1 is 1.50 bits per heavy atom. The van der Waals surface area contributed by atoms with E-state index in [4.69, 9.17) is 0 Å². The van der Waals surface area contributed by atoms with Crippen molar-refractivity contribution >= 4 is 34.1 Å². The van der Waals surface area contributed by atoms with E-state index in [0.717, 1.165) is 9.48 Å². The molecule has 1 aliphatic heterocycles. The first-order valence-corrected chi connectivity index (χ1v) is 6.86. The summed E-state index contributed by atoms with van der Waals surface area (Å²) in [5.41, 5.74) is -0.515. The molecule has 3 amide bonds. The normalized spacial score (nSPS) is 22.6. The van der Waals surface area contributed by atoms with Gasteiger partial charge in [0.05, 0.1) is 6.21 Å². The zero-order valence-corrected chi connectivity index (χ0v) is 12.6. The zero-order chi connectivity index (χ0) is 14.9. The predicted molar refractivity (Wildman–Crippen MR) is 77.5 cm³/mol. The molecule has 1 aromatic carbocycles. The first kappa shape index (κ1) is 14.5. The van der Waals surface area contributed by atoms with E-state index in [9.17, 15) is 14.7 Å². The fraction of sp³-hybridized carbons (Fsp3) is 0.308. The van der Waals surface area contributed by atoms with Crippen LogP contribution in [0.25, 0.3) is 0 Å². The van der Waals surface area contributed by atoms with Crippen LogP contribution in [-0.2, 0) is 4.79 Å². The highest BCUT2D eigenvalue weighted by atomic mass is 79.9. The fourth-order valence-corrected chi connectivity index (χ4v) is 2.14. The van der Waals surface area contributed by atoms with Gasteiger partial charge in [-0.1, -0.05) is 22.9 Å². The molecule has 7 heteroatoms. The number of aromatic hydroxyl groups is 1.